The molecule has 2 aromatic rings. The highest BCUT2D eigenvalue weighted by atomic mass is 32.1. The van der Waals surface area contributed by atoms with Crippen molar-refractivity contribution >= 4 is 32.9 Å². The van der Waals surface area contributed by atoms with Crippen LogP contribution < -0.4 is 10.6 Å². The average molecular weight is 293 g/mol. The van der Waals surface area contributed by atoms with E-state index < -0.39 is 5.60 Å². The molecule has 0 amide bonds. The Morgan fingerprint density at radius 3 is 2.95 bits per heavy atom. The Kier molecular flexibility index (Phi) is 3.54. The third kappa shape index (κ3) is 2.46. The van der Waals surface area contributed by atoms with Crippen molar-refractivity contribution in [2.75, 3.05) is 37.4 Å². The number of thiazole rings is 1. The number of aliphatic hydroxyl groups is 1. The highest BCUT2D eigenvalue weighted by Gasteiger charge is 2.31. The fourth-order valence-corrected chi connectivity index (χ4v) is 3.40. The van der Waals surface area contributed by atoms with Crippen molar-refractivity contribution in [3.63, 3.8) is 0 Å². The van der Waals surface area contributed by atoms with Crippen LogP contribution in [0.3, 0.4) is 0 Å². The zero-order valence-electron chi connectivity index (χ0n) is 11.5. The van der Waals surface area contributed by atoms with Crippen molar-refractivity contribution < 1.29 is 9.84 Å². The van der Waals surface area contributed by atoms with Gasteiger partial charge in [0.1, 0.15) is 5.52 Å². The number of hydrogen-bond donors (Lipinski definition) is 2. The van der Waals surface area contributed by atoms with E-state index in [2.05, 4.69) is 4.98 Å². The molecule has 0 spiro atoms. The maximum atomic E-state index is 10.6. The molecule has 20 heavy (non-hydrogen) atoms. The largest absolute Gasteiger partial charge is 0.395 e. The van der Waals surface area contributed by atoms with Gasteiger partial charge in [-0.25, -0.2) is 4.98 Å². The maximum Gasteiger partial charge on any atom is 0.106 e. The van der Waals surface area contributed by atoms with Crippen LogP contribution >= 0.6 is 11.3 Å². The number of benzene rings is 1. The van der Waals surface area contributed by atoms with Gasteiger partial charge < -0.3 is 20.5 Å². The van der Waals surface area contributed by atoms with Gasteiger partial charge in [-0.05, 0) is 12.1 Å². The first kappa shape index (κ1) is 13.6. The summed E-state index contributed by atoms with van der Waals surface area (Å²) in [5.74, 6) is 0. The van der Waals surface area contributed by atoms with Crippen LogP contribution in [0.4, 0.5) is 11.4 Å². The number of rotatable bonds is 3. The van der Waals surface area contributed by atoms with Crippen molar-refractivity contribution in [3.05, 3.63) is 17.6 Å². The van der Waals surface area contributed by atoms with Crippen LogP contribution in [-0.2, 0) is 4.74 Å². The molecule has 1 aromatic heterocycles. The van der Waals surface area contributed by atoms with E-state index in [4.69, 9.17) is 10.5 Å². The second-order valence-electron chi connectivity index (χ2n) is 5.39. The molecule has 108 valence electrons. The lowest BCUT2D eigenvalue weighted by Crippen LogP contribution is -2.45. The topological polar surface area (TPSA) is 71.6 Å². The number of fused-ring (bicyclic) bond motifs is 1. The summed E-state index contributed by atoms with van der Waals surface area (Å²) in [5.41, 5.74) is 9.76. The Bertz CT molecular complexity index is 607. The van der Waals surface area contributed by atoms with Gasteiger partial charge in [-0.15, -0.1) is 11.3 Å². The normalized spacial score (nSPS) is 18.3. The SMILES string of the molecule is CN(CC1(O)CCOCC1)c1ccc2scnc2c1N. The molecule has 3 rings (SSSR count). The van der Waals surface area contributed by atoms with E-state index in [1.54, 1.807) is 16.8 Å². The third-order valence-corrected chi connectivity index (χ3v) is 4.68. The summed E-state index contributed by atoms with van der Waals surface area (Å²) >= 11 is 1.58. The number of hydrogen-bond acceptors (Lipinski definition) is 6. The minimum Gasteiger partial charge on any atom is -0.395 e. The molecule has 2 heterocycles. The molecule has 0 bridgehead atoms. The summed E-state index contributed by atoms with van der Waals surface area (Å²) in [6.07, 6.45) is 1.33. The Labute approximate surface area is 122 Å². The van der Waals surface area contributed by atoms with E-state index in [9.17, 15) is 5.11 Å². The third-order valence-electron chi connectivity index (χ3n) is 3.88. The van der Waals surface area contributed by atoms with Crippen molar-refractivity contribution in [2.24, 2.45) is 0 Å². The first-order chi connectivity index (χ1) is 9.59. The Morgan fingerprint density at radius 1 is 1.45 bits per heavy atom. The van der Waals surface area contributed by atoms with E-state index in [1.807, 2.05) is 24.1 Å². The van der Waals surface area contributed by atoms with Crippen molar-refractivity contribution in [1.82, 2.24) is 4.98 Å². The first-order valence-electron chi connectivity index (χ1n) is 6.72. The molecular weight excluding hydrogens is 274 g/mol. The molecule has 6 heteroatoms. The van der Waals surface area contributed by atoms with Crippen LogP contribution in [0.5, 0.6) is 0 Å². The van der Waals surface area contributed by atoms with Crippen molar-refractivity contribution in [1.29, 1.82) is 0 Å². The van der Waals surface area contributed by atoms with Crippen LogP contribution in [-0.4, -0.2) is 42.5 Å². The lowest BCUT2D eigenvalue weighted by atomic mass is 9.93. The molecule has 0 atom stereocenters. The zero-order valence-corrected chi connectivity index (χ0v) is 12.3. The summed E-state index contributed by atoms with van der Waals surface area (Å²) in [4.78, 5) is 6.32. The molecule has 1 aliphatic heterocycles. The Balaban J connectivity index is 1.84. The molecule has 0 radical (unpaired) electrons. The van der Waals surface area contributed by atoms with Crippen molar-refractivity contribution in [3.8, 4) is 0 Å². The van der Waals surface area contributed by atoms with Gasteiger partial charge in [-0.3, -0.25) is 0 Å². The van der Waals surface area contributed by atoms with Gasteiger partial charge in [-0.2, -0.15) is 0 Å². The fourth-order valence-electron chi connectivity index (χ4n) is 2.71. The second kappa shape index (κ2) is 5.20. The highest BCUT2D eigenvalue weighted by Crippen LogP contribution is 2.33. The Morgan fingerprint density at radius 2 is 2.20 bits per heavy atom. The average Bonchev–Trinajstić information content (AvgIpc) is 2.88. The molecule has 3 N–H and O–H groups in total. The van der Waals surface area contributed by atoms with Gasteiger partial charge in [0, 0.05) is 39.6 Å². The number of ether oxygens (including phenoxy) is 1. The van der Waals surface area contributed by atoms with E-state index in [-0.39, 0.29) is 0 Å². The second-order valence-corrected chi connectivity index (χ2v) is 6.28. The standard InChI is InChI=1S/C14H19N3O2S/c1-17(8-14(18)4-6-19-7-5-14)10-2-3-11-13(12(10)15)16-9-20-11/h2-3,9,18H,4-8,15H2,1H3. The van der Waals surface area contributed by atoms with E-state index in [1.165, 1.54) is 0 Å². The molecule has 1 aromatic carbocycles. The maximum absolute atomic E-state index is 10.6. The van der Waals surface area contributed by atoms with Gasteiger partial charge >= 0.3 is 0 Å². The minimum atomic E-state index is -0.698. The molecule has 1 saturated heterocycles. The van der Waals surface area contributed by atoms with Crippen LogP contribution in [0.1, 0.15) is 12.8 Å². The quantitative estimate of drug-likeness (QED) is 0.845. The summed E-state index contributed by atoms with van der Waals surface area (Å²) < 4.78 is 6.40. The molecule has 1 aliphatic rings. The monoisotopic (exact) mass is 293 g/mol. The van der Waals surface area contributed by atoms with Crippen LogP contribution in [0.2, 0.25) is 0 Å². The minimum absolute atomic E-state index is 0.552. The van der Waals surface area contributed by atoms with Gasteiger partial charge in [0.25, 0.3) is 0 Å². The summed E-state index contributed by atoms with van der Waals surface area (Å²) in [6, 6.07) is 4.03. The zero-order chi connectivity index (χ0) is 14.2. The van der Waals surface area contributed by atoms with Crippen molar-refractivity contribution in [2.45, 2.75) is 18.4 Å². The molecule has 0 saturated carbocycles. The van der Waals surface area contributed by atoms with Gasteiger partial charge in [0.15, 0.2) is 0 Å². The van der Waals surface area contributed by atoms with E-state index in [0.717, 1.165) is 15.9 Å². The lowest BCUT2D eigenvalue weighted by Gasteiger charge is -2.36. The van der Waals surface area contributed by atoms with Gasteiger partial charge in [0.2, 0.25) is 0 Å². The van der Waals surface area contributed by atoms with Crippen LogP contribution in [0, 0.1) is 0 Å². The Hall–Kier alpha value is -1.37. The number of likely N-dealkylation sites (N-methyl/N-ethyl adjacent to an activating group) is 1. The predicted molar refractivity (Wildman–Crippen MR) is 82.3 cm³/mol. The summed E-state index contributed by atoms with van der Waals surface area (Å²) in [7, 11) is 1.96. The molecule has 5 nitrogen and oxygen atoms in total. The van der Waals surface area contributed by atoms with Gasteiger partial charge in [0.05, 0.1) is 27.2 Å². The number of nitrogen functional groups attached to an aromatic ring is 1. The molecule has 1 fully saturated rings. The number of anilines is 2. The first-order valence-corrected chi connectivity index (χ1v) is 7.60. The fraction of sp³-hybridized carbons (Fsp3) is 0.500. The lowest BCUT2D eigenvalue weighted by molar-refractivity contribution is -0.0572. The predicted octanol–water partition coefficient (Wildman–Crippen LogP) is 1.86. The smallest absolute Gasteiger partial charge is 0.106 e. The summed E-state index contributed by atoms with van der Waals surface area (Å²) in [6.45, 7) is 1.78. The van der Waals surface area contributed by atoms with Crippen LogP contribution in [0.25, 0.3) is 10.2 Å². The number of nitrogens with zero attached hydrogens (tertiary/aromatic N) is 2. The number of aromatic nitrogens is 1. The summed E-state index contributed by atoms with van der Waals surface area (Å²) in [5, 5.41) is 10.6. The van der Waals surface area contributed by atoms with Gasteiger partial charge in [-0.1, -0.05) is 0 Å². The number of nitrogens with two attached hydrogens (primary N) is 1. The van der Waals surface area contributed by atoms with Crippen LogP contribution in [0.15, 0.2) is 17.6 Å². The highest BCUT2D eigenvalue weighted by molar-refractivity contribution is 7.16. The molecule has 0 unspecified atom stereocenters. The molecule has 0 aliphatic carbocycles. The van der Waals surface area contributed by atoms with E-state index >= 15 is 0 Å². The van der Waals surface area contributed by atoms with E-state index in [0.29, 0.717) is 38.3 Å². The molecular formula is C14H19N3O2S.